The molecule has 18 heavy (non-hydrogen) atoms. The fourth-order valence-corrected chi connectivity index (χ4v) is 2.91. The lowest BCUT2D eigenvalue weighted by Gasteiger charge is -2.40. The highest BCUT2D eigenvalue weighted by Gasteiger charge is 2.49. The van der Waals surface area contributed by atoms with Gasteiger partial charge in [-0.15, -0.1) is 0 Å². The van der Waals surface area contributed by atoms with Crippen LogP contribution in [0.25, 0.3) is 0 Å². The van der Waals surface area contributed by atoms with E-state index in [0.29, 0.717) is 12.3 Å². The van der Waals surface area contributed by atoms with Gasteiger partial charge < -0.3 is 10.2 Å². The molecule has 4 heteroatoms. The third-order valence-corrected chi connectivity index (χ3v) is 4.66. The van der Waals surface area contributed by atoms with Gasteiger partial charge in [0.25, 0.3) is 0 Å². The lowest BCUT2D eigenvalue weighted by Crippen LogP contribution is -2.64. The summed E-state index contributed by atoms with van der Waals surface area (Å²) in [6.07, 6.45) is 5.24. The Morgan fingerprint density at radius 2 is 2.00 bits per heavy atom. The zero-order valence-corrected chi connectivity index (χ0v) is 11.2. The molecule has 3 rings (SSSR count). The van der Waals surface area contributed by atoms with Crippen LogP contribution in [-0.2, 0) is 9.59 Å². The molecule has 3 aliphatic rings. The van der Waals surface area contributed by atoms with Gasteiger partial charge in [-0.2, -0.15) is 0 Å². The van der Waals surface area contributed by atoms with Crippen molar-refractivity contribution in [1.82, 2.24) is 10.2 Å². The number of piperazine rings is 1. The number of amides is 2. The third kappa shape index (κ3) is 2.02. The fraction of sp³-hybridized carbons (Fsp3) is 0.857. The van der Waals surface area contributed by atoms with Crippen molar-refractivity contribution in [1.29, 1.82) is 0 Å². The maximum absolute atomic E-state index is 12.5. The summed E-state index contributed by atoms with van der Waals surface area (Å²) in [5.41, 5.74) is 0.273. The van der Waals surface area contributed by atoms with E-state index < -0.39 is 0 Å². The number of nitrogens with zero attached hydrogens (tertiary/aromatic N) is 1. The second-order valence-electron chi connectivity index (χ2n) is 6.52. The third-order valence-electron chi connectivity index (χ3n) is 4.66. The molecule has 1 heterocycles. The Morgan fingerprint density at radius 1 is 1.33 bits per heavy atom. The molecule has 1 N–H and O–H groups in total. The molecule has 0 aromatic heterocycles. The Labute approximate surface area is 108 Å². The van der Waals surface area contributed by atoms with Crippen LogP contribution in [0.2, 0.25) is 0 Å². The van der Waals surface area contributed by atoms with Crippen LogP contribution >= 0.6 is 0 Å². The Balaban J connectivity index is 1.79. The summed E-state index contributed by atoms with van der Waals surface area (Å²) < 4.78 is 0. The highest BCUT2D eigenvalue weighted by Crippen LogP contribution is 2.46. The van der Waals surface area contributed by atoms with Crippen molar-refractivity contribution >= 4 is 11.8 Å². The normalized spacial score (nSPS) is 34.4. The molecule has 0 spiro atoms. The molecule has 0 radical (unpaired) electrons. The summed E-state index contributed by atoms with van der Waals surface area (Å²) in [4.78, 5) is 26.5. The number of nitrogens with one attached hydrogen (secondary N) is 1. The molecule has 2 saturated carbocycles. The molecule has 2 atom stereocenters. The summed E-state index contributed by atoms with van der Waals surface area (Å²) in [6.45, 7) is 4.96. The lowest BCUT2D eigenvalue weighted by molar-refractivity contribution is -0.151. The molecule has 2 amide bonds. The van der Waals surface area contributed by atoms with E-state index in [0.717, 1.165) is 19.4 Å². The molecule has 0 aromatic carbocycles. The average Bonchev–Trinajstić information content (AvgIpc) is 3.21. The van der Waals surface area contributed by atoms with Crippen LogP contribution in [0.3, 0.4) is 0 Å². The summed E-state index contributed by atoms with van der Waals surface area (Å²) >= 11 is 0. The molecule has 100 valence electrons. The number of hydrogen-bond acceptors (Lipinski definition) is 2. The summed E-state index contributed by atoms with van der Waals surface area (Å²) in [5.74, 6) is 0.615. The van der Waals surface area contributed by atoms with E-state index in [2.05, 4.69) is 12.2 Å². The maximum Gasteiger partial charge on any atom is 0.246 e. The largest absolute Gasteiger partial charge is 0.342 e. The number of rotatable bonds is 4. The van der Waals surface area contributed by atoms with E-state index in [9.17, 15) is 9.59 Å². The van der Waals surface area contributed by atoms with Crippen molar-refractivity contribution < 1.29 is 9.59 Å². The second-order valence-corrected chi connectivity index (χ2v) is 6.52. The van der Waals surface area contributed by atoms with Crippen molar-refractivity contribution in [3.63, 3.8) is 0 Å². The second kappa shape index (κ2) is 3.97. The average molecular weight is 250 g/mol. The first-order chi connectivity index (χ1) is 8.54. The lowest BCUT2D eigenvalue weighted by atomic mass is 9.99. The highest BCUT2D eigenvalue weighted by atomic mass is 16.2. The Morgan fingerprint density at radius 3 is 2.50 bits per heavy atom. The first-order valence-electron chi connectivity index (χ1n) is 7.15. The maximum atomic E-state index is 12.5. The van der Waals surface area contributed by atoms with Gasteiger partial charge >= 0.3 is 0 Å². The summed E-state index contributed by atoms with van der Waals surface area (Å²) in [5, 5.41) is 2.94. The predicted molar refractivity (Wildman–Crippen MR) is 67.8 cm³/mol. The van der Waals surface area contributed by atoms with E-state index in [1.807, 2.05) is 11.8 Å². The Kier molecular flexibility index (Phi) is 2.65. The van der Waals surface area contributed by atoms with Crippen LogP contribution in [-0.4, -0.2) is 35.3 Å². The fourth-order valence-electron chi connectivity index (χ4n) is 2.91. The van der Waals surface area contributed by atoms with Gasteiger partial charge in [0.15, 0.2) is 0 Å². The molecule has 0 bridgehead atoms. The van der Waals surface area contributed by atoms with Crippen molar-refractivity contribution in [2.75, 3.05) is 6.54 Å². The van der Waals surface area contributed by atoms with E-state index in [1.165, 1.54) is 12.8 Å². The first kappa shape index (κ1) is 12.0. The van der Waals surface area contributed by atoms with Crippen LogP contribution in [0.4, 0.5) is 0 Å². The van der Waals surface area contributed by atoms with Crippen molar-refractivity contribution in [3.05, 3.63) is 0 Å². The molecule has 2 aliphatic carbocycles. The van der Waals surface area contributed by atoms with Gasteiger partial charge in [0.05, 0.1) is 0 Å². The van der Waals surface area contributed by atoms with Gasteiger partial charge in [0, 0.05) is 6.54 Å². The van der Waals surface area contributed by atoms with Gasteiger partial charge in [-0.25, -0.2) is 0 Å². The predicted octanol–water partition coefficient (Wildman–Crippen LogP) is 1.30. The number of carbonyl (C=O) groups excluding carboxylic acids is 2. The van der Waals surface area contributed by atoms with E-state index in [4.69, 9.17) is 0 Å². The summed E-state index contributed by atoms with van der Waals surface area (Å²) in [7, 11) is 0. The molecular formula is C14H22N2O2. The smallest absolute Gasteiger partial charge is 0.246 e. The van der Waals surface area contributed by atoms with Crippen molar-refractivity contribution in [3.8, 4) is 0 Å². The molecule has 1 saturated heterocycles. The Hall–Kier alpha value is -1.06. The zero-order chi connectivity index (χ0) is 12.9. The van der Waals surface area contributed by atoms with Gasteiger partial charge in [-0.05, 0) is 43.4 Å². The molecule has 3 fully saturated rings. The molecule has 4 nitrogen and oxygen atoms in total. The van der Waals surface area contributed by atoms with Crippen LogP contribution in [0, 0.1) is 11.3 Å². The first-order valence-corrected chi connectivity index (χ1v) is 7.15. The van der Waals surface area contributed by atoms with Crippen LogP contribution in [0.5, 0.6) is 0 Å². The molecule has 0 aromatic rings. The SMILES string of the molecule is CCC1C(=O)NC(C2CC2)C(=O)N1CC1(C)CC1. The summed E-state index contributed by atoms with van der Waals surface area (Å²) in [6, 6.07) is -0.479. The van der Waals surface area contributed by atoms with Crippen molar-refractivity contribution in [2.24, 2.45) is 11.3 Å². The minimum Gasteiger partial charge on any atom is -0.342 e. The van der Waals surface area contributed by atoms with Gasteiger partial charge in [-0.1, -0.05) is 13.8 Å². The highest BCUT2D eigenvalue weighted by molar-refractivity contribution is 5.97. The quantitative estimate of drug-likeness (QED) is 0.817. The van der Waals surface area contributed by atoms with Crippen LogP contribution < -0.4 is 5.32 Å². The van der Waals surface area contributed by atoms with Crippen molar-refractivity contribution in [2.45, 2.75) is 58.0 Å². The number of carbonyl (C=O) groups is 2. The molecule has 1 aliphatic heterocycles. The minimum absolute atomic E-state index is 0.0539. The zero-order valence-electron chi connectivity index (χ0n) is 11.2. The standard InChI is InChI=1S/C14H22N2O2/c1-3-10-12(17)15-11(9-4-5-9)13(18)16(10)8-14(2)6-7-14/h9-11H,3-8H2,1-2H3,(H,15,17). The molecular weight excluding hydrogens is 228 g/mol. The number of hydrogen-bond donors (Lipinski definition) is 1. The van der Waals surface area contributed by atoms with Gasteiger partial charge in [0.1, 0.15) is 12.1 Å². The van der Waals surface area contributed by atoms with Crippen LogP contribution in [0.1, 0.15) is 46.0 Å². The Bertz CT molecular complexity index is 385. The van der Waals surface area contributed by atoms with E-state index in [1.54, 1.807) is 0 Å². The minimum atomic E-state index is -0.245. The monoisotopic (exact) mass is 250 g/mol. The van der Waals surface area contributed by atoms with Gasteiger partial charge in [-0.3, -0.25) is 9.59 Å². The van der Waals surface area contributed by atoms with Crippen LogP contribution in [0.15, 0.2) is 0 Å². The van der Waals surface area contributed by atoms with E-state index in [-0.39, 0.29) is 29.3 Å². The topological polar surface area (TPSA) is 49.4 Å². The van der Waals surface area contributed by atoms with Gasteiger partial charge in [0.2, 0.25) is 11.8 Å². The molecule has 2 unspecified atom stereocenters. The van der Waals surface area contributed by atoms with E-state index >= 15 is 0 Å².